The minimum absolute atomic E-state index is 0. The van der Waals surface area contributed by atoms with E-state index in [4.69, 9.17) is 4.74 Å². The number of fused-ring (bicyclic) bond motifs is 1. The molecule has 1 aliphatic rings. The molecule has 1 radical (unpaired) electrons. The number of ether oxygens (including phenoxy) is 1. The molecule has 0 saturated heterocycles. The number of hydrogen-bond acceptors (Lipinski definition) is 1. The quantitative estimate of drug-likeness (QED) is 0.656. The van der Waals surface area contributed by atoms with E-state index < -0.39 is 0 Å². The van der Waals surface area contributed by atoms with Crippen LogP contribution >= 0.6 is 0 Å². The molecule has 0 amide bonds. The summed E-state index contributed by atoms with van der Waals surface area (Å²) >= 11 is 0. The van der Waals surface area contributed by atoms with Gasteiger partial charge in [-0.25, -0.2) is 0 Å². The molecule has 0 unspecified atom stereocenters. The number of para-hydroxylation sites is 1. The predicted molar refractivity (Wildman–Crippen MR) is 48.9 cm³/mol. The third kappa shape index (κ3) is 4.06. The zero-order chi connectivity index (χ0) is 6.81. The second-order valence-corrected chi connectivity index (χ2v) is 2.25. The Morgan fingerprint density at radius 3 is 2.62 bits per heavy atom. The summed E-state index contributed by atoms with van der Waals surface area (Å²) < 4.78 is 5.34. The smallest absolute Gasteiger partial charge is 1.00 e. The van der Waals surface area contributed by atoms with E-state index in [1.165, 1.54) is 5.56 Å². The number of benzene rings is 1. The van der Waals surface area contributed by atoms with Crippen molar-refractivity contribution in [3.8, 4) is 5.75 Å². The van der Waals surface area contributed by atoms with Crippen LogP contribution in [0, 0.1) is 0 Å². The molecule has 0 saturated carbocycles. The van der Waals surface area contributed by atoms with Gasteiger partial charge in [-0.2, -0.15) is 0 Å². The molecule has 0 atom stereocenters. The molecular formula is C9H10CoFeMgO. The molecule has 13 heavy (non-hydrogen) atoms. The Kier molecular flexibility index (Phi) is 9.74. The molecule has 0 fully saturated rings. The van der Waals surface area contributed by atoms with Crippen LogP contribution in [0.25, 0.3) is 6.08 Å². The van der Waals surface area contributed by atoms with Crippen molar-refractivity contribution in [2.45, 2.75) is 0 Å². The van der Waals surface area contributed by atoms with Gasteiger partial charge in [0.1, 0.15) is 12.4 Å². The van der Waals surface area contributed by atoms with Gasteiger partial charge in [-0.05, 0) is 12.1 Å². The normalized spacial score (nSPS) is 10.8. The SMILES string of the molecule is C1=Cc2ccccc2OC1.[Co].[Fe].[H-].[H-].[Mg+2]. The second kappa shape index (κ2) is 7.91. The van der Waals surface area contributed by atoms with E-state index in [9.17, 15) is 0 Å². The standard InChI is InChI=1S/C9H8O.Co.Fe.Mg.2H/c1-2-6-9-8(4-1)5-3-7-10-9;;;;;/h1-6H,7H2;;;;;/q;;;+2;2*-1. The fourth-order valence-electron chi connectivity index (χ4n) is 1.06. The fourth-order valence-corrected chi connectivity index (χ4v) is 1.06. The molecule has 0 bridgehead atoms. The summed E-state index contributed by atoms with van der Waals surface area (Å²) in [5.74, 6) is 0.991. The van der Waals surface area contributed by atoms with E-state index in [1.54, 1.807) is 0 Å². The van der Waals surface area contributed by atoms with Crippen molar-refractivity contribution >= 4 is 29.1 Å². The first-order valence-electron chi connectivity index (χ1n) is 3.35. The largest absolute Gasteiger partial charge is 2.00 e. The first-order valence-corrected chi connectivity index (χ1v) is 3.35. The van der Waals surface area contributed by atoms with Crippen LogP contribution in [0.4, 0.5) is 0 Å². The van der Waals surface area contributed by atoms with Crippen molar-refractivity contribution < 1.29 is 41.4 Å². The molecule has 1 aromatic carbocycles. The van der Waals surface area contributed by atoms with Gasteiger partial charge in [-0.1, -0.05) is 24.3 Å². The Morgan fingerprint density at radius 1 is 1.23 bits per heavy atom. The Balaban J connectivity index is -0.000000121. The van der Waals surface area contributed by atoms with Gasteiger partial charge >= 0.3 is 23.1 Å². The van der Waals surface area contributed by atoms with Crippen LogP contribution in [0.3, 0.4) is 0 Å². The van der Waals surface area contributed by atoms with Crippen molar-refractivity contribution in [1.29, 1.82) is 0 Å². The summed E-state index contributed by atoms with van der Waals surface area (Å²) in [6.45, 7) is 0.705. The Hall–Kier alpha value is 0.552. The first kappa shape index (κ1) is 16.0. The molecule has 0 spiro atoms. The summed E-state index contributed by atoms with van der Waals surface area (Å²) in [4.78, 5) is 0. The Bertz CT molecular complexity index is 287. The van der Waals surface area contributed by atoms with Gasteiger partial charge < -0.3 is 7.59 Å². The molecule has 0 aromatic heterocycles. The number of hydrogen-bond donors (Lipinski definition) is 0. The van der Waals surface area contributed by atoms with E-state index >= 15 is 0 Å². The van der Waals surface area contributed by atoms with Crippen molar-refractivity contribution in [3.05, 3.63) is 35.9 Å². The predicted octanol–water partition coefficient (Wildman–Crippen LogP) is 1.93. The van der Waals surface area contributed by atoms with Crippen LogP contribution < -0.4 is 4.74 Å². The van der Waals surface area contributed by atoms with E-state index in [0.717, 1.165) is 5.75 Å². The average Bonchev–Trinajstić information content (AvgIpc) is 2.05. The molecular weight excluding hydrogens is 263 g/mol. The van der Waals surface area contributed by atoms with Gasteiger partial charge in [0.15, 0.2) is 0 Å². The van der Waals surface area contributed by atoms with Gasteiger partial charge in [0.2, 0.25) is 0 Å². The van der Waals surface area contributed by atoms with Crippen LogP contribution in [0.1, 0.15) is 8.42 Å². The molecule has 1 nitrogen and oxygen atoms in total. The van der Waals surface area contributed by atoms with E-state index in [0.29, 0.717) is 6.61 Å². The van der Waals surface area contributed by atoms with Crippen LogP contribution in [-0.2, 0) is 33.8 Å². The van der Waals surface area contributed by atoms with Crippen LogP contribution in [0.5, 0.6) is 5.75 Å². The Morgan fingerprint density at radius 2 is 1.92 bits per heavy atom. The summed E-state index contributed by atoms with van der Waals surface area (Å²) in [7, 11) is 0. The van der Waals surface area contributed by atoms with Gasteiger partial charge in [0.05, 0.1) is 0 Å². The minimum atomic E-state index is 0. The van der Waals surface area contributed by atoms with E-state index in [-0.39, 0.29) is 59.8 Å². The first-order chi connectivity index (χ1) is 4.97. The molecule has 1 heterocycles. The molecule has 4 heteroatoms. The molecule has 2 rings (SSSR count). The topological polar surface area (TPSA) is 9.23 Å². The Labute approximate surface area is 118 Å². The maximum Gasteiger partial charge on any atom is 2.00 e. The van der Waals surface area contributed by atoms with Gasteiger partial charge in [-0.3, -0.25) is 0 Å². The third-order valence-electron chi connectivity index (χ3n) is 1.55. The monoisotopic (exact) mass is 273 g/mol. The zero-order valence-electron chi connectivity index (χ0n) is 8.97. The van der Waals surface area contributed by atoms with Crippen molar-refractivity contribution in [1.82, 2.24) is 0 Å². The summed E-state index contributed by atoms with van der Waals surface area (Å²) in [6.07, 6.45) is 4.10. The molecule has 71 valence electrons. The third-order valence-corrected chi connectivity index (χ3v) is 1.55. The number of rotatable bonds is 0. The maximum absolute atomic E-state index is 5.34. The van der Waals surface area contributed by atoms with Gasteiger partial charge in [0.25, 0.3) is 0 Å². The maximum atomic E-state index is 5.34. The summed E-state index contributed by atoms with van der Waals surface area (Å²) in [5.41, 5.74) is 1.17. The second-order valence-electron chi connectivity index (χ2n) is 2.25. The van der Waals surface area contributed by atoms with Crippen LogP contribution in [0.15, 0.2) is 30.3 Å². The van der Waals surface area contributed by atoms with E-state index in [2.05, 4.69) is 6.08 Å². The zero-order valence-corrected chi connectivity index (χ0v) is 10.5. The molecule has 1 aromatic rings. The van der Waals surface area contributed by atoms with Gasteiger partial charge in [0, 0.05) is 39.4 Å². The molecule has 0 N–H and O–H groups in total. The average molecular weight is 273 g/mol. The van der Waals surface area contributed by atoms with Crippen molar-refractivity contribution in [3.63, 3.8) is 0 Å². The molecule has 1 aliphatic heterocycles. The minimum Gasteiger partial charge on any atom is -1.00 e. The van der Waals surface area contributed by atoms with Gasteiger partial charge in [-0.15, -0.1) is 0 Å². The van der Waals surface area contributed by atoms with Crippen LogP contribution in [0.2, 0.25) is 0 Å². The fraction of sp³-hybridized carbons (Fsp3) is 0.111. The van der Waals surface area contributed by atoms with Crippen molar-refractivity contribution in [2.24, 2.45) is 0 Å². The molecule has 0 aliphatic carbocycles. The summed E-state index contributed by atoms with van der Waals surface area (Å²) in [5, 5.41) is 0. The summed E-state index contributed by atoms with van der Waals surface area (Å²) in [6, 6.07) is 8.03. The van der Waals surface area contributed by atoms with E-state index in [1.807, 2.05) is 30.3 Å². The van der Waals surface area contributed by atoms with Crippen molar-refractivity contribution in [2.75, 3.05) is 6.61 Å². The van der Waals surface area contributed by atoms with Crippen LogP contribution in [-0.4, -0.2) is 29.7 Å².